The van der Waals surface area contributed by atoms with Crippen LogP contribution in [0.25, 0.3) is 11.1 Å². The van der Waals surface area contributed by atoms with Crippen LogP contribution in [0.5, 0.6) is 0 Å². The largest absolute Gasteiger partial charge is 0.392 e. The van der Waals surface area contributed by atoms with Crippen LogP contribution in [0.3, 0.4) is 0 Å². The van der Waals surface area contributed by atoms with E-state index in [9.17, 15) is 10.2 Å². The molecule has 5 atom stereocenters. The molecule has 3 aromatic carbocycles. The molecule has 0 aliphatic carbocycles. The molecule has 0 spiro atoms. The van der Waals surface area contributed by atoms with Gasteiger partial charge in [-0.2, -0.15) is 0 Å². The number of rotatable bonds is 7. The second-order valence-electron chi connectivity index (χ2n) is 10.1. The molecule has 190 valence electrons. The summed E-state index contributed by atoms with van der Waals surface area (Å²) in [5.41, 5.74) is 12.1. The van der Waals surface area contributed by atoms with Crippen molar-refractivity contribution in [2.75, 3.05) is 19.6 Å². The summed E-state index contributed by atoms with van der Waals surface area (Å²) in [7, 11) is 0. The minimum absolute atomic E-state index is 0.0214. The summed E-state index contributed by atoms with van der Waals surface area (Å²) in [4.78, 5) is 2.29. The van der Waals surface area contributed by atoms with Crippen LogP contribution in [0.15, 0.2) is 72.8 Å². The normalized spacial score (nSPS) is 26.8. The molecule has 2 heterocycles. The van der Waals surface area contributed by atoms with Crippen LogP contribution in [0.4, 0.5) is 0 Å². The van der Waals surface area contributed by atoms with Crippen molar-refractivity contribution in [2.24, 2.45) is 11.7 Å². The second kappa shape index (κ2) is 11.2. The number of nitrogens with zero attached hydrogens (tertiary/aromatic N) is 1. The summed E-state index contributed by atoms with van der Waals surface area (Å²) in [5.74, 6) is 0.122. The van der Waals surface area contributed by atoms with E-state index in [2.05, 4.69) is 48.2 Å². The van der Waals surface area contributed by atoms with Gasteiger partial charge in [-0.05, 0) is 40.3 Å². The highest BCUT2D eigenvalue weighted by Crippen LogP contribution is 2.42. The van der Waals surface area contributed by atoms with Crippen LogP contribution in [0, 0.1) is 5.92 Å². The van der Waals surface area contributed by atoms with E-state index < -0.39 is 6.29 Å². The Hall–Kier alpha value is -2.58. The molecular formula is C30H36N2O4. The van der Waals surface area contributed by atoms with E-state index >= 15 is 0 Å². The van der Waals surface area contributed by atoms with Gasteiger partial charge in [-0.3, -0.25) is 4.90 Å². The molecule has 5 unspecified atom stereocenters. The molecule has 2 aliphatic heterocycles. The number of nitrogens with two attached hydrogens (primary N) is 1. The fourth-order valence-electron chi connectivity index (χ4n) is 5.27. The Morgan fingerprint density at radius 1 is 0.917 bits per heavy atom. The Morgan fingerprint density at radius 3 is 2.33 bits per heavy atom. The maximum atomic E-state index is 10.0. The molecule has 0 saturated carbocycles. The summed E-state index contributed by atoms with van der Waals surface area (Å²) in [6.45, 7) is 5.03. The minimum Gasteiger partial charge on any atom is -0.392 e. The number of benzene rings is 3. The fourth-order valence-corrected chi connectivity index (χ4v) is 5.27. The van der Waals surface area contributed by atoms with Gasteiger partial charge in [-0.1, -0.05) is 73.7 Å². The van der Waals surface area contributed by atoms with Gasteiger partial charge in [0.2, 0.25) is 0 Å². The lowest BCUT2D eigenvalue weighted by atomic mass is 9.90. The SMILES string of the molecule is CC1C(CN2CCC(O)C2)OC(c2ccc(-c3cccc(CN)c3)cc2)OC1c1ccc(CO)cc1. The lowest BCUT2D eigenvalue weighted by molar-refractivity contribution is -0.276. The van der Waals surface area contributed by atoms with E-state index in [1.165, 1.54) is 0 Å². The molecule has 0 radical (unpaired) electrons. The van der Waals surface area contributed by atoms with E-state index in [0.29, 0.717) is 13.1 Å². The predicted molar refractivity (Wildman–Crippen MR) is 140 cm³/mol. The first-order chi connectivity index (χ1) is 17.5. The first-order valence-corrected chi connectivity index (χ1v) is 12.8. The zero-order valence-corrected chi connectivity index (χ0v) is 20.8. The van der Waals surface area contributed by atoms with Crippen LogP contribution in [0.1, 0.15) is 48.0 Å². The molecule has 2 aliphatic rings. The number of aliphatic hydroxyl groups is 2. The molecule has 36 heavy (non-hydrogen) atoms. The molecule has 6 heteroatoms. The highest BCUT2D eigenvalue weighted by molar-refractivity contribution is 5.64. The number of aliphatic hydroxyl groups excluding tert-OH is 2. The van der Waals surface area contributed by atoms with Crippen molar-refractivity contribution in [1.29, 1.82) is 0 Å². The number of ether oxygens (including phenoxy) is 2. The van der Waals surface area contributed by atoms with E-state index in [0.717, 1.165) is 52.9 Å². The lowest BCUT2D eigenvalue weighted by Crippen LogP contribution is -2.44. The highest BCUT2D eigenvalue weighted by atomic mass is 16.7. The van der Waals surface area contributed by atoms with Crippen molar-refractivity contribution in [1.82, 2.24) is 4.90 Å². The Morgan fingerprint density at radius 2 is 1.67 bits per heavy atom. The Bertz CT molecular complexity index is 1130. The molecule has 0 bridgehead atoms. The second-order valence-corrected chi connectivity index (χ2v) is 10.1. The summed E-state index contributed by atoms with van der Waals surface area (Å²) in [6, 6.07) is 24.6. The summed E-state index contributed by atoms with van der Waals surface area (Å²) >= 11 is 0. The molecule has 0 amide bonds. The van der Waals surface area contributed by atoms with Gasteiger partial charge < -0.3 is 25.4 Å². The topological polar surface area (TPSA) is 88.2 Å². The van der Waals surface area contributed by atoms with Crippen LogP contribution >= 0.6 is 0 Å². The summed E-state index contributed by atoms with van der Waals surface area (Å²) in [6.07, 6.45) is -0.138. The maximum Gasteiger partial charge on any atom is 0.184 e. The van der Waals surface area contributed by atoms with Gasteiger partial charge in [0.1, 0.15) is 0 Å². The summed E-state index contributed by atoms with van der Waals surface area (Å²) < 4.78 is 13.1. The molecule has 2 saturated heterocycles. The Kier molecular flexibility index (Phi) is 7.82. The molecule has 3 aromatic rings. The van der Waals surface area contributed by atoms with Gasteiger partial charge in [0.15, 0.2) is 6.29 Å². The standard InChI is InChI=1S/C30H36N2O4/c1-20-28(18-32-14-13-27(34)17-32)35-30(36-29(20)24-7-5-21(19-33)6-8-24)25-11-9-23(10-12-25)26-4-2-3-22(15-26)16-31/h2-12,15,20,27-30,33-34H,13-14,16-19,31H2,1H3. The third kappa shape index (κ3) is 5.54. The maximum absolute atomic E-state index is 10.0. The van der Waals surface area contributed by atoms with E-state index in [4.69, 9.17) is 15.2 Å². The van der Waals surface area contributed by atoms with Crippen molar-refractivity contribution in [2.45, 2.75) is 51.1 Å². The molecule has 5 rings (SSSR count). The number of hydrogen-bond donors (Lipinski definition) is 3. The first kappa shape index (κ1) is 25.1. The predicted octanol–water partition coefficient (Wildman–Crippen LogP) is 4.16. The van der Waals surface area contributed by atoms with E-state index in [1.807, 2.05) is 36.4 Å². The van der Waals surface area contributed by atoms with E-state index in [1.54, 1.807) is 0 Å². The third-order valence-electron chi connectivity index (χ3n) is 7.49. The van der Waals surface area contributed by atoms with Crippen molar-refractivity contribution in [3.8, 4) is 11.1 Å². The average molecular weight is 489 g/mol. The first-order valence-electron chi connectivity index (χ1n) is 12.8. The zero-order chi connectivity index (χ0) is 25.1. The average Bonchev–Trinajstić information content (AvgIpc) is 3.34. The Labute approximate surface area is 213 Å². The van der Waals surface area contributed by atoms with Crippen LogP contribution in [-0.4, -0.2) is 47.0 Å². The van der Waals surface area contributed by atoms with Gasteiger partial charge in [-0.15, -0.1) is 0 Å². The van der Waals surface area contributed by atoms with Gasteiger partial charge in [-0.25, -0.2) is 0 Å². The van der Waals surface area contributed by atoms with Crippen LogP contribution < -0.4 is 5.73 Å². The number of hydrogen-bond acceptors (Lipinski definition) is 6. The van der Waals surface area contributed by atoms with Crippen LogP contribution in [-0.2, 0) is 22.6 Å². The molecule has 6 nitrogen and oxygen atoms in total. The van der Waals surface area contributed by atoms with Gasteiger partial charge in [0.05, 0.1) is 24.9 Å². The highest BCUT2D eigenvalue weighted by Gasteiger charge is 2.39. The van der Waals surface area contributed by atoms with Crippen molar-refractivity contribution < 1.29 is 19.7 Å². The van der Waals surface area contributed by atoms with Gasteiger partial charge in [0, 0.05) is 37.7 Å². The van der Waals surface area contributed by atoms with Crippen molar-refractivity contribution in [3.63, 3.8) is 0 Å². The van der Waals surface area contributed by atoms with Gasteiger partial charge in [0.25, 0.3) is 0 Å². The number of β-amino-alcohol motifs (C(OH)–C–C–N with tert-alkyl or cyclic N) is 1. The zero-order valence-electron chi connectivity index (χ0n) is 20.8. The quantitative estimate of drug-likeness (QED) is 0.463. The third-order valence-corrected chi connectivity index (χ3v) is 7.49. The van der Waals surface area contributed by atoms with Crippen LogP contribution in [0.2, 0.25) is 0 Å². The molecule has 2 fully saturated rings. The van der Waals surface area contributed by atoms with E-state index in [-0.39, 0.29) is 30.8 Å². The molecule has 4 N–H and O–H groups in total. The summed E-state index contributed by atoms with van der Waals surface area (Å²) in [5, 5.41) is 19.5. The fraction of sp³-hybridized carbons (Fsp3) is 0.400. The minimum atomic E-state index is -0.495. The Balaban J connectivity index is 1.39. The number of likely N-dealkylation sites (tertiary alicyclic amines) is 1. The lowest BCUT2D eigenvalue weighted by Gasteiger charge is -2.42. The molecular weight excluding hydrogens is 452 g/mol. The van der Waals surface area contributed by atoms with Gasteiger partial charge >= 0.3 is 0 Å². The molecule has 0 aromatic heterocycles. The van der Waals surface area contributed by atoms with Crippen molar-refractivity contribution in [3.05, 3.63) is 95.1 Å². The van der Waals surface area contributed by atoms with Crippen molar-refractivity contribution >= 4 is 0 Å². The monoisotopic (exact) mass is 488 g/mol. The smallest absolute Gasteiger partial charge is 0.184 e.